The van der Waals surface area contributed by atoms with Crippen molar-refractivity contribution < 1.29 is 14.0 Å². The molecule has 0 bridgehead atoms. The highest BCUT2D eigenvalue weighted by Gasteiger charge is 2.28. The maximum Gasteiger partial charge on any atom is 0.242 e. The molecule has 2 aromatic rings. The Labute approximate surface area is 181 Å². The lowest BCUT2D eigenvalue weighted by Gasteiger charge is -2.29. The van der Waals surface area contributed by atoms with Crippen LogP contribution in [0, 0.1) is 11.7 Å². The molecule has 1 N–H and O–H groups in total. The molecule has 2 amide bonds. The standard InChI is InChI=1S/C22H25Cl2FN2O2/c1-14(2)12-26-22(29)15(3)27(13-17-18(23)8-6-9-19(17)24)21(28)11-16-7-4-5-10-20(16)25/h4-10,14-15H,11-13H2,1-3H3,(H,26,29). The van der Waals surface area contributed by atoms with Crippen LogP contribution in [0.25, 0.3) is 0 Å². The molecule has 2 rings (SSSR count). The van der Waals surface area contributed by atoms with E-state index in [1.54, 1.807) is 43.3 Å². The number of hydrogen-bond acceptors (Lipinski definition) is 2. The van der Waals surface area contributed by atoms with E-state index in [9.17, 15) is 14.0 Å². The molecule has 1 atom stereocenters. The lowest BCUT2D eigenvalue weighted by Crippen LogP contribution is -2.48. The summed E-state index contributed by atoms with van der Waals surface area (Å²) in [5, 5.41) is 3.63. The summed E-state index contributed by atoms with van der Waals surface area (Å²) in [4.78, 5) is 27.1. The lowest BCUT2D eigenvalue weighted by molar-refractivity contribution is -0.140. The SMILES string of the molecule is CC(C)CNC(=O)C(C)N(Cc1c(Cl)cccc1Cl)C(=O)Cc1ccccc1F. The van der Waals surface area contributed by atoms with Gasteiger partial charge in [0.2, 0.25) is 11.8 Å². The average molecular weight is 439 g/mol. The number of nitrogens with one attached hydrogen (secondary N) is 1. The Morgan fingerprint density at radius 1 is 1.03 bits per heavy atom. The summed E-state index contributed by atoms with van der Waals surface area (Å²) < 4.78 is 14.0. The van der Waals surface area contributed by atoms with Crippen molar-refractivity contribution >= 4 is 35.0 Å². The summed E-state index contributed by atoms with van der Waals surface area (Å²) >= 11 is 12.5. The predicted octanol–water partition coefficient (Wildman–Crippen LogP) is 4.86. The predicted molar refractivity (Wildman–Crippen MR) is 114 cm³/mol. The largest absolute Gasteiger partial charge is 0.354 e. The summed E-state index contributed by atoms with van der Waals surface area (Å²) in [6, 6.07) is 10.4. The van der Waals surface area contributed by atoms with Crippen LogP contribution in [0.5, 0.6) is 0 Å². The van der Waals surface area contributed by atoms with E-state index < -0.39 is 17.8 Å². The molecule has 0 saturated carbocycles. The molecular formula is C22H25Cl2FN2O2. The lowest BCUT2D eigenvalue weighted by atomic mass is 10.1. The van der Waals surface area contributed by atoms with Gasteiger partial charge in [-0.3, -0.25) is 9.59 Å². The first-order valence-electron chi connectivity index (χ1n) is 9.44. The van der Waals surface area contributed by atoms with Gasteiger partial charge in [0.25, 0.3) is 0 Å². The van der Waals surface area contributed by atoms with Crippen molar-refractivity contribution in [2.45, 2.75) is 39.8 Å². The molecule has 0 aliphatic rings. The fraction of sp³-hybridized carbons (Fsp3) is 0.364. The van der Waals surface area contributed by atoms with Crippen molar-refractivity contribution in [2.24, 2.45) is 5.92 Å². The van der Waals surface area contributed by atoms with Gasteiger partial charge >= 0.3 is 0 Å². The van der Waals surface area contributed by atoms with E-state index in [2.05, 4.69) is 5.32 Å². The molecule has 0 aromatic heterocycles. The minimum Gasteiger partial charge on any atom is -0.354 e. The summed E-state index contributed by atoms with van der Waals surface area (Å²) in [6.45, 7) is 6.14. The van der Waals surface area contributed by atoms with Crippen LogP contribution < -0.4 is 5.32 Å². The Morgan fingerprint density at radius 2 is 1.66 bits per heavy atom. The fourth-order valence-electron chi connectivity index (χ4n) is 2.80. The number of rotatable bonds is 8. The second-order valence-corrected chi connectivity index (χ2v) is 8.12. The third-order valence-corrected chi connectivity index (χ3v) is 5.25. The number of hydrogen-bond donors (Lipinski definition) is 1. The van der Waals surface area contributed by atoms with Crippen molar-refractivity contribution in [3.05, 3.63) is 69.5 Å². The molecule has 0 heterocycles. The summed E-state index contributed by atoms with van der Waals surface area (Å²) in [7, 11) is 0. The van der Waals surface area contributed by atoms with Crippen molar-refractivity contribution in [3.63, 3.8) is 0 Å². The van der Waals surface area contributed by atoms with E-state index in [0.29, 0.717) is 22.2 Å². The minimum atomic E-state index is -0.777. The van der Waals surface area contributed by atoms with Crippen LogP contribution in [0.3, 0.4) is 0 Å². The molecule has 0 spiro atoms. The smallest absolute Gasteiger partial charge is 0.242 e. The number of amides is 2. The number of benzene rings is 2. The molecular weight excluding hydrogens is 414 g/mol. The van der Waals surface area contributed by atoms with Crippen molar-refractivity contribution in [1.29, 1.82) is 0 Å². The second kappa shape index (κ2) is 10.6. The zero-order valence-electron chi connectivity index (χ0n) is 16.7. The monoisotopic (exact) mass is 438 g/mol. The van der Waals surface area contributed by atoms with Crippen molar-refractivity contribution in [1.82, 2.24) is 10.2 Å². The highest BCUT2D eigenvalue weighted by molar-refractivity contribution is 6.36. The van der Waals surface area contributed by atoms with E-state index in [4.69, 9.17) is 23.2 Å². The zero-order valence-corrected chi connectivity index (χ0v) is 18.2. The van der Waals surface area contributed by atoms with Crippen LogP contribution in [0.1, 0.15) is 31.9 Å². The van der Waals surface area contributed by atoms with Gasteiger partial charge in [-0.1, -0.05) is 61.3 Å². The summed E-state index contributed by atoms with van der Waals surface area (Å²) in [5.41, 5.74) is 0.809. The quantitative estimate of drug-likeness (QED) is 0.639. The van der Waals surface area contributed by atoms with Gasteiger partial charge in [0.1, 0.15) is 11.9 Å². The molecule has 0 fully saturated rings. The normalized spacial score (nSPS) is 12.0. The van der Waals surface area contributed by atoms with Crippen LogP contribution in [-0.2, 0) is 22.6 Å². The molecule has 0 aliphatic heterocycles. The van der Waals surface area contributed by atoms with Crippen LogP contribution in [-0.4, -0.2) is 29.3 Å². The van der Waals surface area contributed by atoms with Gasteiger partial charge in [0, 0.05) is 28.7 Å². The third kappa shape index (κ3) is 6.44. The van der Waals surface area contributed by atoms with Crippen LogP contribution in [0.2, 0.25) is 10.0 Å². The van der Waals surface area contributed by atoms with Gasteiger partial charge < -0.3 is 10.2 Å². The summed E-state index contributed by atoms with van der Waals surface area (Å²) in [5.74, 6) is -0.873. The number of halogens is 3. The first kappa shape index (κ1) is 23.2. The zero-order chi connectivity index (χ0) is 21.6. The number of carbonyl (C=O) groups is 2. The maximum absolute atomic E-state index is 14.0. The molecule has 156 valence electrons. The van der Waals surface area contributed by atoms with E-state index in [-0.39, 0.29) is 30.4 Å². The van der Waals surface area contributed by atoms with Gasteiger partial charge in [0.15, 0.2) is 0 Å². The molecule has 7 heteroatoms. The molecule has 4 nitrogen and oxygen atoms in total. The Morgan fingerprint density at radius 3 is 2.24 bits per heavy atom. The van der Waals surface area contributed by atoms with E-state index in [1.807, 2.05) is 13.8 Å². The van der Waals surface area contributed by atoms with Crippen LogP contribution in [0.4, 0.5) is 4.39 Å². The fourth-order valence-corrected chi connectivity index (χ4v) is 3.31. The molecule has 1 unspecified atom stereocenters. The molecule has 2 aromatic carbocycles. The second-order valence-electron chi connectivity index (χ2n) is 7.31. The van der Waals surface area contributed by atoms with Gasteiger partial charge in [-0.2, -0.15) is 0 Å². The summed E-state index contributed by atoms with van der Waals surface area (Å²) in [6.07, 6.45) is -0.170. The van der Waals surface area contributed by atoms with Crippen LogP contribution in [0.15, 0.2) is 42.5 Å². The van der Waals surface area contributed by atoms with Gasteiger partial charge in [0.05, 0.1) is 6.42 Å². The highest BCUT2D eigenvalue weighted by Crippen LogP contribution is 2.27. The Hall–Kier alpha value is -2.11. The van der Waals surface area contributed by atoms with E-state index in [0.717, 1.165) is 0 Å². The van der Waals surface area contributed by atoms with E-state index in [1.165, 1.54) is 11.0 Å². The van der Waals surface area contributed by atoms with Crippen molar-refractivity contribution in [3.8, 4) is 0 Å². The van der Waals surface area contributed by atoms with Gasteiger partial charge in [-0.05, 0) is 36.6 Å². The maximum atomic E-state index is 14.0. The first-order chi connectivity index (χ1) is 13.7. The average Bonchev–Trinajstić information content (AvgIpc) is 2.67. The highest BCUT2D eigenvalue weighted by atomic mass is 35.5. The Balaban J connectivity index is 2.30. The molecule has 0 aliphatic carbocycles. The van der Waals surface area contributed by atoms with E-state index >= 15 is 0 Å². The Kier molecular flexibility index (Phi) is 8.47. The number of nitrogens with zero attached hydrogens (tertiary/aromatic N) is 1. The number of carbonyl (C=O) groups excluding carboxylic acids is 2. The molecule has 0 saturated heterocycles. The topological polar surface area (TPSA) is 49.4 Å². The first-order valence-corrected chi connectivity index (χ1v) is 10.2. The van der Waals surface area contributed by atoms with Crippen molar-refractivity contribution in [2.75, 3.05) is 6.54 Å². The minimum absolute atomic E-state index is 0.0437. The molecule has 0 radical (unpaired) electrons. The Bertz CT molecular complexity index is 853. The van der Waals surface area contributed by atoms with Gasteiger partial charge in [-0.15, -0.1) is 0 Å². The third-order valence-electron chi connectivity index (χ3n) is 4.54. The molecule has 29 heavy (non-hydrogen) atoms. The van der Waals surface area contributed by atoms with Crippen LogP contribution >= 0.6 is 23.2 Å². The van der Waals surface area contributed by atoms with Gasteiger partial charge in [-0.25, -0.2) is 4.39 Å².